The van der Waals surface area contributed by atoms with Crippen molar-refractivity contribution in [2.45, 2.75) is 50.2 Å². The summed E-state index contributed by atoms with van der Waals surface area (Å²) >= 11 is 3.62. The Hall–Kier alpha value is -1.05. The van der Waals surface area contributed by atoms with Crippen molar-refractivity contribution in [1.82, 2.24) is 0 Å². The van der Waals surface area contributed by atoms with E-state index in [-0.39, 0.29) is 0 Å². The van der Waals surface area contributed by atoms with Gasteiger partial charge in [-0.25, -0.2) is 0 Å². The van der Waals surface area contributed by atoms with Gasteiger partial charge in [-0.3, -0.25) is 0 Å². The Morgan fingerprint density at radius 3 is 2.53 bits per heavy atom. The quantitative estimate of drug-likeness (QED) is 0.865. The lowest BCUT2D eigenvalue weighted by molar-refractivity contribution is 0.271. The summed E-state index contributed by atoms with van der Waals surface area (Å²) in [5, 5.41) is 8.96. The standard InChI is InChI=1S/C15H18BrN3/c16-14-6-10(9-17)4-5-15(14)19-12-2-1-3-13(19)8-11(18)7-12/h4-6,11-13H,1-3,7-8,18H2. The highest BCUT2D eigenvalue weighted by atomic mass is 79.9. The van der Waals surface area contributed by atoms with Gasteiger partial charge in [0, 0.05) is 22.6 Å². The van der Waals surface area contributed by atoms with Crippen molar-refractivity contribution in [3.63, 3.8) is 0 Å². The molecule has 19 heavy (non-hydrogen) atoms. The topological polar surface area (TPSA) is 53.0 Å². The predicted molar refractivity (Wildman–Crippen MR) is 80.0 cm³/mol. The smallest absolute Gasteiger partial charge is 0.0992 e. The van der Waals surface area contributed by atoms with Crippen LogP contribution in [0.3, 0.4) is 0 Å². The summed E-state index contributed by atoms with van der Waals surface area (Å²) in [5.74, 6) is 0. The Morgan fingerprint density at radius 1 is 1.26 bits per heavy atom. The fourth-order valence-corrected chi connectivity index (χ4v) is 4.19. The van der Waals surface area contributed by atoms with Gasteiger partial charge in [0.05, 0.1) is 17.3 Å². The molecule has 2 N–H and O–H groups in total. The fraction of sp³-hybridized carbons (Fsp3) is 0.533. The fourth-order valence-electron chi connectivity index (χ4n) is 3.60. The van der Waals surface area contributed by atoms with Crippen LogP contribution in [-0.4, -0.2) is 18.1 Å². The van der Waals surface area contributed by atoms with E-state index in [1.54, 1.807) is 0 Å². The number of nitriles is 1. The van der Waals surface area contributed by atoms with Crippen LogP contribution >= 0.6 is 15.9 Å². The van der Waals surface area contributed by atoms with Crippen LogP contribution in [0.2, 0.25) is 0 Å². The minimum atomic E-state index is 0.351. The molecule has 2 unspecified atom stereocenters. The molecule has 2 atom stereocenters. The van der Waals surface area contributed by atoms with Gasteiger partial charge in [-0.15, -0.1) is 0 Å². The average molecular weight is 320 g/mol. The molecule has 0 saturated carbocycles. The first-order valence-electron chi connectivity index (χ1n) is 6.92. The van der Waals surface area contributed by atoms with Crippen LogP contribution in [0.5, 0.6) is 0 Å². The molecule has 2 bridgehead atoms. The molecule has 2 fully saturated rings. The molecule has 2 heterocycles. The van der Waals surface area contributed by atoms with Crippen molar-refractivity contribution in [2.24, 2.45) is 5.73 Å². The lowest BCUT2D eigenvalue weighted by atomic mass is 9.81. The summed E-state index contributed by atoms with van der Waals surface area (Å²) in [6, 6.07) is 9.56. The first-order valence-corrected chi connectivity index (χ1v) is 7.72. The van der Waals surface area contributed by atoms with E-state index in [9.17, 15) is 0 Å². The van der Waals surface area contributed by atoms with Crippen LogP contribution < -0.4 is 10.6 Å². The van der Waals surface area contributed by atoms with Crippen LogP contribution in [0, 0.1) is 11.3 Å². The van der Waals surface area contributed by atoms with E-state index in [0.717, 1.165) is 17.3 Å². The number of halogens is 1. The van der Waals surface area contributed by atoms with E-state index in [0.29, 0.717) is 23.7 Å². The van der Waals surface area contributed by atoms with Crippen LogP contribution in [0.25, 0.3) is 0 Å². The van der Waals surface area contributed by atoms with Crippen LogP contribution in [0.15, 0.2) is 22.7 Å². The van der Waals surface area contributed by atoms with Crippen molar-refractivity contribution < 1.29 is 0 Å². The van der Waals surface area contributed by atoms with Gasteiger partial charge in [0.25, 0.3) is 0 Å². The van der Waals surface area contributed by atoms with Crippen LogP contribution in [-0.2, 0) is 0 Å². The Kier molecular flexibility index (Phi) is 3.51. The number of nitrogens with zero attached hydrogens (tertiary/aromatic N) is 2. The summed E-state index contributed by atoms with van der Waals surface area (Å²) in [6.45, 7) is 0. The zero-order chi connectivity index (χ0) is 13.4. The molecule has 1 aromatic carbocycles. The minimum Gasteiger partial charge on any atom is -0.365 e. The molecule has 100 valence electrons. The van der Waals surface area contributed by atoms with E-state index < -0.39 is 0 Å². The second-order valence-corrected chi connectivity index (χ2v) is 6.51. The van der Waals surface area contributed by atoms with E-state index in [1.807, 2.05) is 12.1 Å². The monoisotopic (exact) mass is 319 g/mol. The summed E-state index contributed by atoms with van der Waals surface area (Å²) in [6.07, 6.45) is 5.95. The lowest BCUT2D eigenvalue weighted by Gasteiger charge is -2.50. The molecule has 2 saturated heterocycles. The third-order valence-electron chi connectivity index (χ3n) is 4.37. The number of rotatable bonds is 1. The number of piperidine rings is 2. The normalized spacial score (nSPS) is 29.9. The molecular weight excluding hydrogens is 302 g/mol. The summed E-state index contributed by atoms with van der Waals surface area (Å²) in [4.78, 5) is 2.54. The molecule has 0 amide bonds. The molecule has 4 heteroatoms. The summed E-state index contributed by atoms with van der Waals surface area (Å²) < 4.78 is 1.03. The number of benzene rings is 1. The van der Waals surface area contributed by atoms with E-state index >= 15 is 0 Å². The van der Waals surface area contributed by atoms with E-state index in [1.165, 1.54) is 24.9 Å². The molecule has 0 aromatic heterocycles. The van der Waals surface area contributed by atoms with Crippen molar-refractivity contribution in [3.8, 4) is 6.07 Å². The van der Waals surface area contributed by atoms with Gasteiger partial charge in [0.1, 0.15) is 0 Å². The highest BCUT2D eigenvalue weighted by Gasteiger charge is 2.37. The van der Waals surface area contributed by atoms with Crippen molar-refractivity contribution >= 4 is 21.6 Å². The van der Waals surface area contributed by atoms with Gasteiger partial charge in [-0.2, -0.15) is 5.26 Å². The van der Waals surface area contributed by atoms with Gasteiger partial charge >= 0.3 is 0 Å². The first-order chi connectivity index (χ1) is 9.19. The van der Waals surface area contributed by atoms with E-state index in [2.05, 4.69) is 33.0 Å². The van der Waals surface area contributed by atoms with Crippen molar-refractivity contribution in [1.29, 1.82) is 5.26 Å². The number of hydrogen-bond acceptors (Lipinski definition) is 3. The Labute approximate surface area is 122 Å². The second-order valence-electron chi connectivity index (χ2n) is 5.66. The third kappa shape index (κ3) is 2.37. The number of nitrogens with two attached hydrogens (primary N) is 1. The molecule has 0 radical (unpaired) electrons. The molecule has 3 nitrogen and oxygen atoms in total. The molecule has 2 aliphatic heterocycles. The van der Waals surface area contributed by atoms with Crippen molar-refractivity contribution in [2.75, 3.05) is 4.90 Å². The highest BCUT2D eigenvalue weighted by Crippen LogP contribution is 2.40. The molecule has 2 aliphatic rings. The Morgan fingerprint density at radius 2 is 1.95 bits per heavy atom. The second kappa shape index (κ2) is 5.15. The number of fused-ring (bicyclic) bond motifs is 2. The Balaban J connectivity index is 1.95. The maximum atomic E-state index is 8.96. The van der Waals surface area contributed by atoms with Gasteiger partial charge in [0.15, 0.2) is 0 Å². The van der Waals surface area contributed by atoms with Gasteiger partial charge < -0.3 is 10.6 Å². The lowest BCUT2D eigenvalue weighted by Crippen LogP contribution is -2.55. The number of anilines is 1. The maximum Gasteiger partial charge on any atom is 0.0992 e. The Bertz CT molecular complexity index is 509. The SMILES string of the molecule is N#Cc1ccc(N2C3CCCC2CC(N)C3)c(Br)c1. The summed E-state index contributed by atoms with van der Waals surface area (Å²) in [7, 11) is 0. The van der Waals surface area contributed by atoms with Gasteiger partial charge in [0.2, 0.25) is 0 Å². The largest absolute Gasteiger partial charge is 0.365 e. The van der Waals surface area contributed by atoms with Gasteiger partial charge in [-0.1, -0.05) is 0 Å². The zero-order valence-corrected chi connectivity index (χ0v) is 12.4. The van der Waals surface area contributed by atoms with Crippen LogP contribution in [0.4, 0.5) is 5.69 Å². The molecule has 0 aliphatic carbocycles. The molecular formula is C15H18BrN3. The number of hydrogen-bond donors (Lipinski definition) is 1. The predicted octanol–water partition coefficient (Wildman–Crippen LogP) is 3.17. The first kappa shape index (κ1) is 13.0. The van der Waals surface area contributed by atoms with E-state index in [4.69, 9.17) is 11.0 Å². The zero-order valence-electron chi connectivity index (χ0n) is 10.8. The van der Waals surface area contributed by atoms with Crippen molar-refractivity contribution in [3.05, 3.63) is 28.2 Å². The average Bonchev–Trinajstić information content (AvgIpc) is 2.38. The highest BCUT2D eigenvalue weighted by molar-refractivity contribution is 9.10. The minimum absolute atomic E-state index is 0.351. The third-order valence-corrected chi connectivity index (χ3v) is 5.00. The molecule has 1 aromatic rings. The van der Waals surface area contributed by atoms with Crippen LogP contribution in [0.1, 0.15) is 37.7 Å². The maximum absolute atomic E-state index is 8.96. The molecule has 3 rings (SSSR count). The van der Waals surface area contributed by atoms with Gasteiger partial charge in [-0.05, 0) is 66.2 Å². The molecule has 0 spiro atoms. The summed E-state index contributed by atoms with van der Waals surface area (Å²) in [5.41, 5.74) is 8.09.